The normalized spacial score (nSPS) is 16.4. The summed E-state index contributed by atoms with van der Waals surface area (Å²) < 4.78 is 10.8. The van der Waals surface area contributed by atoms with Crippen LogP contribution in [0.4, 0.5) is 0 Å². The van der Waals surface area contributed by atoms with E-state index >= 15 is 0 Å². The first-order valence-electron chi connectivity index (χ1n) is 10.2. The Balaban J connectivity index is 1.45. The monoisotopic (exact) mass is 381 g/mol. The molecule has 0 saturated carbocycles. The van der Waals surface area contributed by atoms with Crippen LogP contribution in [0.5, 0.6) is 11.5 Å². The summed E-state index contributed by atoms with van der Waals surface area (Å²) in [6.45, 7) is 1.94. The van der Waals surface area contributed by atoms with Crippen LogP contribution in [0.2, 0.25) is 0 Å². The van der Waals surface area contributed by atoms with Crippen LogP contribution in [0.1, 0.15) is 36.0 Å². The first kappa shape index (κ1) is 20.4. The summed E-state index contributed by atoms with van der Waals surface area (Å²) in [5.74, 6) is 1.96. The minimum absolute atomic E-state index is 0.153. The van der Waals surface area contributed by atoms with Crippen LogP contribution in [0.25, 0.3) is 0 Å². The lowest BCUT2D eigenvalue weighted by Crippen LogP contribution is -2.21. The molecule has 28 heavy (non-hydrogen) atoms. The van der Waals surface area contributed by atoms with E-state index < -0.39 is 0 Å². The van der Waals surface area contributed by atoms with Gasteiger partial charge in [-0.1, -0.05) is 30.3 Å². The van der Waals surface area contributed by atoms with Gasteiger partial charge in [0.25, 0.3) is 0 Å². The smallest absolute Gasteiger partial charge is 0.161 e. The molecule has 150 valence electrons. The van der Waals surface area contributed by atoms with Crippen LogP contribution < -0.4 is 14.8 Å². The maximum Gasteiger partial charge on any atom is 0.161 e. The van der Waals surface area contributed by atoms with Crippen molar-refractivity contribution in [3.05, 3.63) is 59.2 Å². The molecule has 0 fully saturated rings. The summed E-state index contributed by atoms with van der Waals surface area (Å²) >= 11 is 0. The molecule has 0 spiro atoms. The molecular formula is C24H31NO3. The van der Waals surface area contributed by atoms with E-state index in [1.54, 1.807) is 14.2 Å². The maximum atomic E-state index is 12.7. The number of Topliss-reactive ketones (excluding diaryl/α,β-unsaturated/α-hetero) is 1. The summed E-state index contributed by atoms with van der Waals surface area (Å²) in [6, 6.07) is 14.5. The Morgan fingerprint density at radius 2 is 1.71 bits per heavy atom. The van der Waals surface area contributed by atoms with Crippen molar-refractivity contribution in [2.45, 2.75) is 38.5 Å². The second-order valence-corrected chi connectivity index (χ2v) is 7.48. The Morgan fingerprint density at radius 3 is 2.43 bits per heavy atom. The van der Waals surface area contributed by atoms with E-state index in [0.29, 0.717) is 18.0 Å². The second kappa shape index (κ2) is 10.3. The van der Waals surface area contributed by atoms with Crippen LogP contribution >= 0.6 is 0 Å². The molecule has 2 aromatic rings. The highest BCUT2D eigenvalue weighted by molar-refractivity contribution is 5.84. The van der Waals surface area contributed by atoms with E-state index in [4.69, 9.17) is 9.47 Å². The van der Waals surface area contributed by atoms with Gasteiger partial charge in [-0.2, -0.15) is 0 Å². The molecule has 0 amide bonds. The SMILES string of the molecule is COc1cc2c(cc1OC)CC(=O)C(CCCNCCc1ccccc1)CC2. The van der Waals surface area contributed by atoms with Gasteiger partial charge in [-0.3, -0.25) is 4.79 Å². The highest BCUT2D eigenvalue weighted by Gasteiger charge is 2.24. The molecule has 1 aliphatic rings. The van der Waals surface area contributed by atoms with E-state index in [2.05, 4.69) is 29.6 Å². The number of hydrogen-bond acceptors (Lipinski definition) is 4. The molecule has 0 bridgehead atoms. The number of hydrogen-bond donors (Lipinski definition) is 1. The predicted molar refractivity (Wildman–Crippen MR) is 112 cm³/mol. The quantitative estimate of drug-likeness (QED) is 0.527. The zero-order valence-electron chi connectivity index (χ0n) is 17.0. The molecule has 1 N–H and O–H groups in total. The highest BCUT2D eigenvalue weighted by atomic mass is 16.5. The van der Waals surface area contributed by atoms with E-state index in [1.807, 2.05) is 18.2 Å². The fraction of sp³-hybridized carbons (Fsp3) is 0.458. The molecule has 2 aromatic carbocycles. The number of fused-ring (bicyclic) bond motifs is 1. The van der Waals surface area contributed by atoms with Gasteiger partial charge in [0.05, 0.1) is 14.2 Å². The second-order valence-electron chi connectivity index (χ2n) is 7.48. The zero-order chi connectivity index (χ0) is 19.8. The summed E-state index contributed by atoms with van der Waals surface area (Å²) in [4.78, 5) is 12.7. The Bertz CT molecular complexity index is 773. The van der Waals surface area contributed by atoms with Gasteiger partial charge < -0.3 is 14.8 Å². The number of rotatable bonds is 9. The molecule has 1 atom stereocenters. The predicted octanol–water partition coefficient (Wildman–Crippen LogP) is 3.99. The third-order valence-corrected chi connectivity index (χ3v) is 5.63. The molecule has 4 heteroatoms. The zero-order valence-corrected chi connectivity index (χ0v) is 17.0. The third-order valence-electron chi connectivity index (χ3n) is 5.63. The van der Waals surface area contributed by atoms with Gasteiger partial charge in [0, 0.05) is 12.3 Å². The molecule has 0 saturated heterocycles. The average Bonchev–Trinajstić information content (AvgIpc) is 2.88. The van der Waals surface area contributed by atoms with Gasteiger partial charge in [0.1, 0.15) is 5.78 Å². The summed E-state index contributed by atoms with van der Waals surface area (Å²) in [7, 11) is 3.29. The van der Waals surface area contributed by atoms with Crippen LogP contribution in [0, 0.1) is 5.92 Å². The van der Waals surface area contributed by atoms with Crippen molar-refractivity contribution < 1.29 is 14.3 Å². The van der Waals surface area contributed by atoms with Crippen molar-refractivity contribution in [3.8, 4) is 11.5 Å². The number of carbonyl (C=O) groups is 1. The number of methoxy groups -OCH3 is 2. The number of benzene rings is 2. The summed E-state index contributed by atoms with van der Waals surface area (Å²) in [5, 5.41) is 3.51. The van der Waals surface area contributed by atoms with Crippen molar-refractivity contribution in [2.75, 3.05) is 27.3 Å². The van der Waals surface area contributed by atoms with E-state index in [-0.39, 0.29) is 5.92 Å². The Kier molecular flexibility index (Phi) is 7.49. The van der Waals surface area contributed by atoms with Crippen molar-refractivity contribution in [2.24, 2.45) is 5.92 Å². The Hall–Kier alpha value is -2.33. The molecule has 3 rings (SSSR count). The van der Waals surface area contributed by atoms with Crippen molar-refractivity contribution in [3.63, 3.8) is 0 Å². The maximum absolute atomic E-state index is 12.7. The lowest BCUT2D eigenvalue weighted by atomic mass is 9.93. The number of carbonyl (C=O) groups excluding carboxylic acids is 1. The van der Waals surface area contributed by atoms with Gasteiger partial charge in [0.15, 0.2) is 11.5 Å². The van der Waals surface area contributed by atoms with E-state index in [9.17, 15) is 4.79 Å². The van der Waals surface area contributed by atoms with Gasteiger partial charge in [-0.15, -0.1) is 0 Å². The largest absolute Gasteiger partial charge is 0.493 e. The van der Waals surface area contributed by atoms with Gasteiger partial charge in [-0.05, 0) is 74.0 Å². The first-order chi connectivity index (χ1) is 13.7. The first-order valence-corrected chi connectivity index (χ1v) is 10.2. The van der Waals surface area contributed by atoms with Crippen LogP contribution in [0.3, 0.4) is 0 Å². The molecule has 1 unspecified atom stereocenters. The van der Waals surface area contributed by atoms with Crippen molar-refractivity contribution in [1.29, 1.82) is 0 Å². The number of aryl methyl sites for hydroxylation is 1. The number of ether oxygens (including phenoxy) is 2. The van der Waals surface area contributed by atoms with Gasteiger partial charge >= 0.3 is 0 Å². The molecule has 0 aliphatic heterocycles. The molecule has 4 nitrogen and oxygen atoms in total. The van der Waals surface area contributed by atoms with E-state index in [1.165, 1.54) is 11.1 Å². The molecular weight excluding hydrogens is 350 g/mol. The summed E-state index contributed by atoms with van der Waals surface area (Å²) in [5.41, 5.74) is 3.66. The Morgan fingerprint density at radius 1 is 1.00 bits per heavy atom. The fourth-order valence-corrected chi connectivity index (χ4v) is 3.96. The average molecular weight is 382 g/mol. The van der Waals surface area contributed by atoms with Crippen LogP contribution in [0.15, 0.2) is 42.5 Å². The minimum Gasteiger partial charge on any atom is -0.493 e. The van der Waals surface area contributed by atoms with Crippen LogP contribution in [-0.2, 0) is 24.1 Å². The molecule has 0 aromatic heterocycles. The molecule has 0 heterocycles. The highest BCUT2D eigenvalue weighted by Crippen LogP contribution is 2.34. The third kappa shape index (κ3) is 5.35. The van der Waals surface area contributed by atoms with Crippen molar-refractivity contribution >= 4 is 5.78 Å². The van der Waals surface area contributed by atoms with Crippen molar-refractivity contribution in [1.82, 2.24) is 5.32 Å². The standard InChI is InChI=1S/C24H31NO3/c1-27-23-16-20-11-10-19(22(26)15-21(20)17-24(23)28-2)9-6-13-25-14-12-18-7-4-3-5-8-18/h3-5,7-8,16-17,19,25H,6,9-15H2,1-2H3. The minimum atomic E-state index is 0.153. The van der Waals surface area contributed by atoms with Crippen LogP contribution in [-0.4, -0.2) is 33.1 Å². The topological polar surface area (TPSA) is 47.6 Å². The van der Waals surface area contributed by atoms with Gasteiger partial charge in [0.2, 0.25) is 0 Å². The molecule has 1 aliphatic carbocycles. The fourth-order valence-electron chi connectivity index (χ4n) is 3.96. The lowest BCUT2D eigenvalue weighted by Gasteiger charge is -2.13. The number of ketones is 1. The van der Waals surface area contributed by atoms with E-state index in [0.717, 1.165) is 56.5 Å². The Labute approximate surface area is 168 Å². The number of nitrogens with one attached hydrogen (secondary N) is 1. The van der Waals surface area contributed by atoms with Gasteiger partial charge in [-0.25, -0.2) is 0 Å². The summed E-state index contributed by atoms with van der Waals surface area (Å²) in [6.07, 6.45) is 5.39. The lowest BCUT2D eigenvalue weighted by molar-refractivity contribution is -0.122. The molecule has 0 radical (unpaired) electrons.